The average Bonchev–Trinajstić information content (AvgIpc) is 2.73. The topological polar surface area (TPSA) is 18.5 Å². The molecule has 0 spiro atoms. The molecule has 5 atom stereocenters. The third-order valence-corrected chi connectivity index (χ3v) is 6.82. The van der Waals surface area contributed by atoms with Crippen molar-refractivity contribution in [1.82, 2.24) is 0 Å². The summed E-state index contributed by atoms with van der Waals surface area (Å²) in [5.74, 6) is 3.52. The molecule has 0 aromatic carbocycles. The van der Waals surface area contributed by atoms with E-state index in [9.17, 15) is 0 Å². The van der Waals surface area contributed by atoms with Crippen LogP contribution in [-0.4, -0.2) is 26.4 Å². The maximum absolute atomic E-state index is 5.98. The minimum atomic E-state index is 0.482. The van der Waals surface area contributed by atoms with Crippen molar-refractivity contribution in [3.05, 3.63) is 11.6 Å². The van der Waals surface area contributed by atoms with Crippen molar-refractivity contribution in [3.63, 3.8) is 0 Å². The molecule has 0 amide bonds. The van der Waals surface area contributed by atoms with Crippen LogP contribution < -0.4 is 0 Å². The summed E-state index contributed by atoms with van der Waals surface area (Å²) in [4.78, 5) is 0. The SMILES string of the molecule is CCC(C)CC/C=C(\C)CCCC(C)COCC(C)COCC(C)CCCC(C)CC. The van der Waals surface area contributed by atoms with Crippen LogP contribution in [-0.2, 0) is 9.47 Å². The molecule has 5 unspecified atom stereocenters. The summed E-state index contributed by atoms with van der Waals surface area (Å²) < 4.78 is 11.9. The van der Waals surface area contributed by atoms with Crippen molar-refractivity contribution in [2.45, 2.75) is 120 Å². The standard InChI is InChI=1S/C29H58O2/c1-9-24(3)14-11-16-26(5)17-13-19-28(7)21-31-23-29(8)22-30-20-27(6)18-12-15-25(4)10-2/h16,24-25,27-29H,9-15,17-23H2,1-8H3/b26-16+. The Balaban J connectivity index is 3.67. The summed E-state index contributed by atoms with van der Waals surface area (Å²) >= 11 is 0. The van der Waals surface area contributed by atoms with Gasteiger partial charge in [-0.25, -0.2) is 0 Å². The molecule has 0 saturated heterocycles. The maximum Gasteiger partial charge on any atom is 0.0513 e. The minimum Gasteiger partial charge on any atom is -0.381 e. The van der Waals surface area contributed by atoms with Crippen molar-refractivity contribution in [1.29, 1.82) is 0 Å². The Morgan fingerprint density at radius 3 is 1.61 bits per heavy atom. The Morgan fingerprint density at radius 2 is 1.06 bits per heavy atom. The van der Waals surface area contributed by atoms with E-state index in [1.165, 1.54) is 64.2 Å². The van der Waals surface area contributed by atoms with Gasteiger partial charge in [-0.1, -0.05) is 85.8 Å². The fraction of sp³-hybridized carbons (Fsp3) is 0.931. The number of ether oxygens (including phenoxy) is 2. The largest absolute Gasteiger partial charge is 0.381 e. The maximum atomic E-state index is 5.98. The molecule has 2 heteroatoms. The van der Waals surface area contributed by atoms with Gasteiger partial charge in [0, 0.05) is 19.1 Å². The lowest BCUT2D eigenvalue weighted by atomic mass is 9.97. The van der Waals surface area contributed by atoms with Gasteiger partial charge in [0.2, 0.25) is 0 Å². The Hall–Kier alpha value is -0.340. The van der Waals surface area contributed by atoms with Crippen LogP contribution in [0.1, 0.15) is 120 Å². The van der Waals surface area contributed by atoms with Gasteiger partial charge in [0.15, 0.2) is 0 Å². The first kappa shape index (κ1) is 30.7. The first-order valence-electron chi connectivity index (χ1n) is 13.6. The van der Waals surface area contributed by atoms with E-state index in [-0.39, 0.29) is 0 Å². The van der Waals surface area contributed by atoms with Gasteiger partial charge in [-0.05, 0) is 69.1 Å². The second kappa shape index (κ2) is 20.3. The lowest BCUT2D eigenvalue weighted by Crippen LogP contribution is -2.17. The molecule has 2 nitrogen and oxygen atoms in total. The van der Waals surface area contributed by atoms with Crippen LogP contribution in [0.3, 0.4) is 0 Å². The van der Waals surface area contributed by atoms with Crippen molar-refractivity contribution < 1.29 is 9.47 Å². The molecule has 0 rings (SSSR count). The lowest BCUT2D eigenvalue weighted by molar-refractivity contribution is 0.0241. The molecule has 186 valence electrons. The highest BCUT2D eigenvalue weighted by Gasteiger charge is 2.09. The second-order valence-electron chi connectivity index (χ2n) is 10.9. The van der Waals surface area contributed by atoms with E-state index < -0.39 is 0 Å². The lowest BCUT2D eigenvalue weighted by Gasteiger charge is -2.18. The Kier molecular flexibility index (Phi) is 20.1. The third kappa shape index (κ3) is 20.0. The van der Waals surface area contributed by atoms with Gasteiger partial charge in [-0.3, -0.25) is 0 Å². The number of hydrogen-bond acceptors (Lipinski definition) is 2. The zero-order valence-electron chi connectivity index (χ0n) is 22.7. The van der Waals surface area contributed by atoms with Gasteiger partial charge in [-0.2, -0.15) is 0 Å². The molecule has 0 N–H and O–H groups in total. The average molecular weight is 439 g/mol. The van der Waals surface area contributed by atoms with E-state index in [1.807, 2.05) is 0 Å². The number of rotatable bonds is 21. The van der Waals surface area contributed by atoms with Crippen LogP contribution in [0.15, 0.2) is 11.6 Å². The predicted octanol–water partition coefficient (Wildman–Crippen LogP) is 9.09. The van der Waals surface area contributed by atoms with Crippen LogP contribution >= 0.6 is 0 Å². The Morgan fingerprint density at radius 1 is 0.613 bits per heavy atom. The second-order valence-corrected chi connectivity index (χ2v) is 10.9. The molecule has 0 aliphatic carbocycles. The van der Waals surface area contributed by atoms with E-state index in [2.05, 4.69) is 61.5 Å². The molecule has 31 heavy (non-hydrogen) atoms. The highest BCUT2D eigenvalue weighted by molar-refractivity contribution is 4.97. The van der Waals surface area contributed by atoms with Gasteiger partial charge in [0.1, 0.15) is 0 Å². The molecule has 0 heterocycles. The van der Waals surface area contributed by atoms with Gasteiger partial charge in [0.05, 0.1) is 13.2 Å². The summed E-state index contributed by atoms with van der Waals surface area (Å²) in [7, 11) is 0. The Bertz CT molecular complexity index is 417. The molecule has 0 aromatic heterocycles. The van der Waals surface area contributed by atoms with Crippen molar-refractivity contribution in [2.75, 3.05) is 26.4 Å². The summed E-state index contributed by atoms with van der Waals surface area (Å²) in [5, 5.41) is 0. The van der Waals surface area contributed by atoms with Crippen LogP contribution in [0.2, 0.25) is 0 Å². The van der Waals surface area contributed by atoms with E-state index in [1.54, 1.807) is 5.57 Å². The molecule has 0 aliphatic rings. The van der Waals surface area contributed by atoms with Crippen molar-refractivity contribution in [2.24, 2.45) is 29.6 Å². The molecular weight excluding hydrogens is 380 g/mol. The molecule has 0 saturated carbocycles. The molecule has 0 bridgehead atoms. The predicted molar refractivity (Wildman–Crippen MR) is 139 cm³/mol. The first-order valence-corrected chi connectivity index (χ1v) is 13.6. The van der Waals surface area contributed by atoms with Gasteiger partial charge < -0.3 is 9.47 Å². The molecule has 0 aliphatic heterocycles. The van der Waals surface area contributed by atoms with E-state index in [0.29, 0.717) is 17.8 Å². The molecule has 0 radical (unpaired) electrons. The summed E-state index contributed by atoms with van der Waals surface area (Å²) in [6.45, 7) is 21.9. The smallest absolute Gasteiger partial charge is 0.0513 e. The minimum absolute atomic E-state index is 0.482. The van der Waals surface area contributed by atoms with E-state index >= 15 is 0 Å². The Labute approximate surface area is 196 Å². The van der Waals surface area contributed by atoms with Gasteiger partial charge in [0.25, 0.3) is 0 Å². The fourth-order valence-corrected chi connectivity index (χ4v) is 3.82. The van der Waals surface area contributed by atoms with E-state index in [0.717, 1.165) is 38.3 Å². The van der Waals surface area contributed by atoms with Crippen LogP contribution in [0.25, 0.3) is 0 Å². The highest BCUT2D eigenvalue weighted by atomic mass is 16.5. The van der Waals surface area contributed by atoms with Crippen molar-refractivity contribution >= 4 is 0 Å². The first-order chi connectivity index (χ1) is 14.8. The number of allylic oxidation sites excluding steroid dienone is 2. The normalized spacial score (nSPS) is 17.4. The van der Waals surface area contributed by atoms with Crippen LogP contribution in [0, 0.1) is 29.6 Å². The van der Waals surface area contributed by atoms with Gasteiger partial charge >= 0.3 is 0 Å². The monoisotopic (exact) mass is 438 g/mol. The molecule has 0 aromatic rings. The molecule has 0 fully saturated rings. The summed E-state index contributed by atoms with van der Waals surface area (Å²) in [5.41, 5.74) is 1.57. The quantitative estimate of drug-likeness (QED) is 0.166. The zero-order chi connectivity index (χ0) is 23.5. The summed E-state index contributed by atoms with van der Waals surface area (Å²) in [6, 6.07) is 0. The highest BCUT2D eigenvalue weighted by Crippen LogP contribution is 2.17. The fourth-order valence-electron chi connectivity index (χ4n) is 3.82. The number of hydrogen-bond donors (Lipinski definition) is 0. The summed E-state index contributed by atoms with van der Waals surface area (Å²) in [6.07, 6.45) is 15.4. The van der Waals surface area contributed by atoms with Gasteiger partial charge in [-0.15, -0.1) is 0 Å². The van der Waals surface area contributed by atoms with Crippen molar-refractivity contribution in [3.8, 4) is 0 Å². The zero-order valence-corrected chi connectivity index (χ0v) is 22.7. The third-order valence-electron chi connectivity index (χ3n) is 6.82. The van der Waals surface area contributed by atoms with Crippen LogP contribution in [0.4, 0.5) is 0 Å². The molecular formula is C29H58O2. The van der Waals surface area contributed by atoms with Crippen LogP contribution in [0.5, 0.6) is 0 Å². The van der Waals surface area contributed by atoms with E-state index in [4.69, 9.17) is 9.47 Å².